The van der Waals surface area contributed by atoms with Crippen LogP contribution in [-0.2, 0) is 25.6 Å². The smallest absolute Gasteiger partial charge is 0.322 e. The fraction of sp³-hybridized carbons (Fsp3) is 0.429. The lowest BCUT2D eigenvalue weighted by molar-refractivity contribution is -0.138. The number of aromatic amines is 1. The van der Waals surface area contributed by atoms with Crippen molar-refractivity contribution in [2.45, 2.75) is 37.4 Å². The fourth-order valence-electron chi connectivity index (χ4n) is 3.66. The number of benzene rings is 1. The van der Waals surface area contributed by atoms with Crippen molar-refractivity contribution in [2.75, 3.05) is 18.8 Å². The highest BCUT2D eigenvalue weighted by atomic mass is 32.1. The van der Waals surface area contributed by atoms with E-state index in [-0.39, 0.29) is 24.1 Å². The number of aliphatic carboxylic acids is 1. The first-order valence-corrected chi connectivity index (χ1v) is 11.0. The molecule has 32 heavy (non-hydrogen) atoms. The first kappa shape index (κ1) is 23.6. The van der Waals surface area contributed by atoms with Gasteiger partial charge in [-0.1, -0.05) is 18.2 Å². The van der Waals surface area contributed by atoms with Gasteiger partial charge in [-0.15, -0.1) is 0 Å². The van der Waals surface area contributed by atoms with Gasteiger partial charge in [-0.25, -0.2) is 0 Å². The Morgan fingerprint density at radius 2 is 1.91 bits per heavy atom. The van der Waals surface area contributed by atoms with E-state index in [1.54, 1.807) is 6.20 Å². The number of aromatic nitrogens is 1. The van der Waals surface area contributed by atoms with E-state index in [2.05, 4.69) is 38.9 Å². The van der Waals surface area contributed by atoms with Crippen LogP contribution in [-0.4, -0.2) is 70.7 Å². The molecule has 2 heterocycles. The minimum Gasteiger partial charge on any atom is -0.480 e. The zero-order valence-corrected chi connectivity index (χ0v) is 18.3. The lowest BCUT2D eigenvalue weighted by Crippen LogP contribution is -2.57. The number of carbonyl (C=O) groups is 4. The molecule has 10 nitrogen and oxygen atoms in total. The van der Waals surface area contributed by atoms with Crippen LogP contribution in [0.3, 0.4) is 0 Å². The van der Waals surface area contributed by atoms with E-state index in [1.165, 1.54) is 0 Å². The van der Waals surface area contributed by atoms with Crippen LogP contribution >= 0.6 is 12.6 Å². The van der Waals surface area contributed by atoms with Crippen molar-refractivity contribution >= 4 is 47.2 Å². The molecule has 1 saturated heterocycles. The van der Waals surface area contributed by atoms with Gasteiger partial charge in [-0.3, -0.25) is 19.2 Å². The molecule has 1 aliphatic rings. The van der Waals surface area contributed by atoms with Crippen molar-refractivity contribution in [3.8, 4) is 0 Å². The van der Waals surface area contributed by atoms with E-state index < -0.39 is 36.4 Å². The average Bonchev–Trinajstić information content (AvgIpc) is 3.46. The van der Waals surface area contributed by atoms with Crippen molar-refractivity contribution in [3.05, 3.63) is 36.0 Å². The quantitative estimate of drug-likeness (QED) is 0.238. The van der Waals surface area contributed by atoms with Gasteiger partial charge < -0.3 is 31.4 Å². The molecule has 6 N–H and O–H groups in total. The number of hydrogen-bond acceptors (Lipinski definition) is 6. The van der Waals surface area contributed by atoms with Crippen LogP contribution in [0, 0.1) is 0 Å². The van der Waals surface area contributed by atoms with Gasteiger partial charge in [-0.05, 0) is 31.0 Å². The van der Waals surface area contributed by atoms with Gasteiger partial charge in [0.15, 0.2) is 0 Å². The van der Waals surface area contributed by atoms with Gasteiger partial charge in [0.05, 0.1) is 6.04 Å². The Bertz CT molecular complexity index is 988. The van der Waals surface area contributed by atoms with Crippen LogP contribution in [0.5, 0.6) is 0 Å². The van der Waals surface area contributed by atoms with Crippen molar-refractivity contribution in [1.29, 1.82) is 0 Å². The number of fused-ring (bicyclic) bond motifs is 1. The van der Waals surface area contributed by atoms with E-state index in [1.807, 2.05) is 24.3 Å². The van der Waals surface area contributed by atoms with Gasteiger partial charge in [0, 0.05) is 29.3 Å². The Hall–Kier alpha value is -3.05. The summed E-state index contributed by atoms with van der Waals surface area (Å²) < 4.78 is 0. The van der Waals surface area contributed by atoms with Crippen molar-refractivity contribution < 1.29 is 24.3 Å². The fourth-order valence-corrected chi connectivity index (χ4v) is 3.92. The van der Waals surface area contributed by atoms with Crippen LogP contribution in [0.1, 0.15) is 18.4 Å². The Morgan fingerprint density at radius 1 is 1.12 bits per heavy atom. The Morgan fingerprint density at radius 3 is 2.59 bits per heavy atom. The highest BCUT2D eigenvalue weighted by Gasteiger charge is 2.30. The molecule has 1 fully saturated rings. The van der Waals surface area contributed by atoms with Crippen LogP contribution in [0.2, 0.25) is 0 Å². The molecule has 0 saturated carbocycles. The molecule has 3 amide bonds. The molecule has 172 valence electrons. The first-order valence-electron chi connectivity index (χ1n) is 10.4. The average molecular weight is 462 g/mol. The summed E-state index contributed by atoms with van der Waals surface area (Å²) in [6.45, 7) is 0.171. The summed E-state index contributed by atoms with van der Waals surface area (Å²) in [5, 5.41) is 20.4. The zero-order valence-electron chi connectivity index (χ0n) is 17.4. The maximum Gasteiger partial charge on any atom is 0.322 e. The number of rotatable bonds is 10. The number of nitrogens with one attached hydrogen (secondary N) is 5. The van der Waals surface area contributed by atoms with Crippen LogP contribution in [0.4, 0.5) is 0 Å². The molecule has 2 aromatic rings. The van der Waals surface area contributed by atoms with Crippen LogP contribution < -0.4 is 21.3 Å². The zero-order chi connectivity index (χ0) is 23.1. The lowest BCUT2D eigenvalue weighted by Gasteiger charge is -2.23. The van der Waals surface area contributed by atoms with Gasteiger partial charge in [0.1, 0.15) is 18.6 Å². The molecule has 3 atom stereocenters. The number of amides is 3. The molecular weight excluding hydrogens is 434 g/mol. The number of hydrogen-bond donors (Lipinski definition) is 7. The predicted molar refractivity (Wildman–Crippen MR) is 121 cm³/mol. The van der Waals surface area contributed by atoms with Crippen molar-refractivity contribution in [2.24, 2.45) is 0 Å². The molecule has 11 heteroatoms. The Kier molecular flexibility index (Phi) is 8.12. The topological polar surface area (TPSA) is 152 Å². The standard InChI is InChI=1S/C21H27N5O5S/c27-18(28)10-24-19(29)17(11-32)26-21(31)16(25-20(30)15-6-3-7-22-15)8-12-9-23-14-5-2-1-4-13(12)14/h1-2,4-5,9,15-17,22-23,32H,3,6-8,10-11H2,(H,24,29)(H,25,30)(H,26,31)(H,27,28). The maximum atomic E-state index is 13.1. The maximum absolute atomic E-state index is 13.1. The highest BCUT2D eigenvalue weighted by Crippen LogP contribution is 2.19. The number of para-hydroxylation sites is 1. The number of H-pyrrole nitrogens is 1. The normalized spacial score (nSPS) is 17.5. The van der Waals surface area contributed by atoms with E-state index >= 15 is 0 Å². The predicted octanol–water partition coefficient (Wildman–Crippen LogP) is -0.437. The number of thiol groups is 1. The molecular formula is C21H27N5O5S. The van der Waals surface area contributed by atoms with Gasteiger partial charge in [0.25, 0.3) is 0 Å². The van der Waals surface area contributed by atoms with E-state index in [0.717, 1.165) is 29.4 Å². The molecule has 1 aliphatic heterocycles. The summed E-state index contributed by atoms with van der Waals surface area (Å²) in [6, 6.07) is 5.28. The summed E-state index contributed by atoms with van der Waals surface area (Å²) >= 11 is 4.10. The Balaban J connectivity index is 1.75. The van der Waals surface area contributed by atoms with Gasteiger partial charge in [-0.2, -0.15) is 12.6 Å². The van der Waals surface area contributed by atoms with Crippen molar-refractivity contribution in [1.82, 2.24) is 26.3 Å². The lowest BCUT2D eigenvalue weighted by atomic mass is 10.0. The highest BCUT2D eigenvalue weighted by molar-refractivity contribution is 7.80. The second kappa shape index (κ2) is 11.0. The molecule has 0 aliphatic carbocycles. The summed E-state index contributed by atoms with van der Waals surface area (Å²) in [5.74, 6) is -2.72. The SMILES string of the molecule is O=C(O)CNC(=O)C(CS)NC(=O)C(Cc1c[nH]c2ccccc12)NC(=O)C1CCCN1. The molecule has 0 spiro atoms. The molecule has 0 bridgehead atoms. The second-order valence-electron chi connectivity index (χ2n) is 7.63. The number of carboxylic acid groups (broad SMARTS) is 1. The molecule has 1 aromatic heterocycles. The van der Waals surface area contributed by atoms with E-state index in [0.29, 0.717) is 6.42 Å². The summed E-state index contributed by atoms with van der Waals surface area (Å²) in [6.07, 6.45) is 3.57. The van der Waals surface area contributed by atoms with Gasteiger partial charge >= 0.3 is 5.97 Å². The summed E-state index contributed by atoms with van der Waals surface area (Å²) in [5.41, 5.74) is 1.75. The molecule has 3 unspecified atom stereocenters. The summed E-state index contributed by atoms with van der Waals surface area (Å²) in [7, 11) is 0. The first-order chi connectivity index (χ1) is 15.4. The molecule has 3 rings (SSSR count). The third kappa shape index (κ3) is 6.01. The number of carboxylic acids is 1. The third-order valence-electron chi connectivity index (χ3n) is 5.34. The van der Waals surface area contributed by atoms with E-state index in [4.69, 9.17) is 5.11 Å². The number of carbonyl (C=O) groups excluding carboxylic acids is 3. The summed E-state index contributed by atoms with van der Waals surface area (Å²) in [4.78, 5) is 51.8. The molecule has 1 aromatic carbocycles. The van der Waals surface area contributed by atoms with Gasteiger partial charge in [0.2, 0.25) is 17.7 Å². The minimum absolute atomic E-state index is 0.0326. The van der Waals surface area contributed by atoms with Crippen LogP contribution in [0.15, 0.2) is 30.5 Å². The monoisotopic (exact) mass is 461 g/mol. The third-order valence-corrected chi connectivity index (χ3v) is 5.70. The second-order valence-corrected chi connectivity index (χ2v) is 7.99. The largest absolute Gasteiger partial charge is 0.480 e. The van der Waals surface area contributed by atoms with Crippen LogP contribution in [0.25, 0.3) is 10.9 Å². The van der Waals surface area contributed by atoms with Crippen molar-refractivity contribution in [3.63, 3.8) is 0 Å². The Labute approximate surface area is 190 Å². The molecule has 0 radical (unpaired) electrons. The van der Waals surface area contributed by atoms with E-state index in [9.17, 15) is 19.2 Å². The minimum atomic E-state index is -1.20.